The molecular weight excluding hydrogens is 271 g/mol. The lowest BCUT2D eigenvalue weighted by Crippen LogP contribution is -2.05. The highest BCUT2D eigenvalue weighted by atomic mass is 19.1. The molecule has 0 aliphatic carbocycles. The number of aromatic nitrogens is 5. The van der Waals surface area contributed by atoms with Gasteiger partial charge in [-0.25, -0.2) is 9.07 Å². The van der Waals surface area contributed by atoms with Crippen LogP contribution in [0.15, 0.2) is 43.0 Å². The van der Waals surface area contributed by atoms with Gasteiger partial charge in [0.15, 0.2) is 0 Å². The van der Waals surface area contributed by atoms with Crippen LogP contribution in [-0.2, 0) is 6.54 Å². The molecule has 21 heavy (non-hydrogen) atoms. The minimum atomic E-state index is -0.326. The standard InChI is InChI=1S/C14H13FN6/c1-10-4-5-16-7-11(10)8-17-14-6-12(2-3-13(14)15)21-9-18-19-20-21/h2-7,9,17H,8H2,1H3. The first-order chi connectivity index (χ1) is 10.2. The second-order valence-electron chi connectivity index (χ2n) is 4.57. The van der Waals surface area contributed by atoms with E-state index in [0.29, 0.717) is 17.9 Å². The van der Waals surface area contributed by atoms with Gasteiger partial charge < -0.3 is 5.32 Å². The lowest BCUT2D eigenvalue weighted by molar-refractivity contribution is 0.629. The zero-order valence-electron chi connectivity index (χ0n) is 11.4. The van der Waals surface area contributed by atoms with Crippen LogP contribution in [0.25, 0.3) is 5.69 Å². The van der Waals surface area contributed by atoms with Gasteiger partial charge in [0.25, 0.3) is 0 Å². The molecule has 0 unspecified atom stereocenters. The number of nitrogens with zero attached hydrogens (tertiary/aromatic N) is 5. The summed E-state index contributed by atoms with van der Waals surface area (Å²) in [5, 5.41) is 14.0. The third-order valence-corrected chi connectivity index (χ3v) is 3.18. The molecule has 7 heteroatoms. The summed E-state index contributed by atoms with van der Waals surface area (Å²) in [6, 6.07) is 6.59. The first kappa shape index (κ1) is 13.2. The number of anilines is 1. The molecule has 0 atom stereocenters. The molecule has 2 heterocycles. The van der Waals surface area contributed by atoms with Crippen LogP contribution in [0.2, 0.25) is 0 Å². The molecule has 0 spiro atoms. The number of aryl methyl sites for hydroxylation is 1. The van der Waals surface area contributed by atoms with Crippen molar-refractivity contribution in [1.29, 1.82) is 0 Å². The number of halogens is 1. The van der Waals surface area contributed by atoms with Crippen molar-refractivity contribution in [2.75, 3.05) is 5.32 Å². The predicted octanol–water partition coefficient (Wildman–Crippen LogP) is 2.12. The van der Waals surface area contributed by atoms with Gasteiger partial charge in [0.2, 0.25) is 0 Å². The van der Waals surface area contributed by atoms with Crippen LogP contribution in [0.5, 0.6) is 0 Å². The van der Waals surface area contributed by atoms with E-state index in [1.807, 2.05) is 13.0 Å². The fourth-order valence-corrected chi connectivity index (χ4v) is 1.94. The normalized spacial score (nSPS) is 10.6. The SMILES string of the molecule is Cc1ccncc1CNc1cc(-n2cnnn2)ccc1F. The maximum absolute atomic E-state index is 13.9. The predicted molar refractivity (Wildman–Crippen MR) is 75.4 cm³/mol. The molecule has 106 valence electrons. The molecule has 0 fully saturated rings. The fraction of sp³-hybridized carbons (Fsp3) is 0.143. The van der Waals surface area contributed by atoms with Crippen molar-refractivity contribution in [2.24, 2.45) is 0 Å². The van der Waals surface area contributed by atoms with Crippen molar-refractivity contribution in [2.45, 2.75) is 13.5 Å². The Morgan fingerprint density at radius 3 is 2.95 bits per heavy atom. The number of pyridine rings is 1. The number of tetrazole rings is 1. The molecule has 3 rings (SSSR count). The Morgan fingerprint density at radius 1 is 1.29 bits per heavy atom. The Kier molecular flexibility index (Phi) is 3.55. The van der Waals surface area contributed by atoms with E-state index >= 15 is 0 Å². The fourth-order valence-electron chi connectivity index (χ4n) is 1.94. The van der Waals surface area contributed by atoms with Crippen molar-refractivity contribution in [3.63, 3.8) is 0 Å². The van der Waals surface area contributed by atoms with E-state index in [4.69, 9.17) is 0 Å². The van der Waals surface area contributed by atoms with Crippen molar-refractivity contribution in [1.82, 2.24) is 25.2 Å². The van der Waals surface area contributed by atoms with E-state index in [1.165, 1.54) is 17.1 Å². The maximum Gasteiger partial charge on any atom is 0.146 e. The molecule has 1 N–H and O–H groups in total. The van der Waals surface area contributed by atoms with E-state index in [-0.39, 0.29) is 5.82 Å². The lowest BCUT2D eigenvalue weighted by atomic mass is 10.1. The summed E-state index contributed by atoms with van der Waals surface area (Å²) >= 11 is 0. The summed E-state index contributed by atoms with van der Waals surface area (Å²) in [5.41, 5.74) is 3.21. The minimum absolute atomic E-state index is 0.326. The van der Waals surface area contributed by atoms with Crippen molar-refractivity contribution in [3.8, 4) is 5.69 Å². The molecule has 0 saturated heterocycles. The van der Waals surface area contributed by atoms with Crippen LogP contribution in [-0.4, -0.2) is 25.2 Å². The summed E-state index contributed by atoms with van der Waals surface area (Å²) in [5.74, 6) is -0.326. The quantitative estimate of drug-likeness (QED) is 0.794. The van der Waals surface area contributed by atoms with Gasteiger partial charge in [0, 0.05) is 18.9 Å². The number of hydrogen-bond acceptors (Lipinski definition) is 5. The van der Waals surface area contributed by atoms with Crippen LogP contribution in [0, 0.1) is 12.7 Å². The highest BCUT2D eigenvalue weighted by Gasteiger charge is 2.06. The van der Waals surface area contributed by atoms with Crippen molar-refractivity contribution < 1.29 is 4.39 Å². The molecule has 0 bridgehead atoms. The maximum atomic E-state index is 13.9. The zero-order valence-corrected chi connectivity index (χ0v) is 11.4. The Morgan fingerprint density at radius 2 is 2.19 bits per heavy atom. The van der Waals surface area contributed by atoms with Crippen LogP contribution < -0.4 is 5.32 Å². The second-order valence-corrected chi connectivity index (χ2v) is 4.57. The molecule has 0 aliphatic heterocycles. The molecular formula is C14H13FN6. The topological polar surface area (TPSA) is 68.5 Å². The minimum Gasteiger partial charge on any atom is -0.378 e. The molecule has 0 saturated carbocycles. The Hall–Kier alpha value is -2.83. The van der Waals surface area contributed by atoms with Crippen LogP contribution in [0.1, 0.15) is 11.1 Å². The van der Waals surface area contributed by atoms with Gasteiger partial charge in [-0.15, -0.1) is 5.10 Å². The highest BCUT2D eigenvalue weighted by Crippen LogP contribution is 2.19. The first-order valence-electron chi connectivity index (χ1n) is 6.40. The monoisotopic (exact) mass is 284 g/mol. The molecule has 1 aromatic carbocycles. The van der Waals surface area contributed by atoms with Gasteiger partial charge in [-0.1, -0.05) is 0 Å². The van der Waals surface area contributed by atoms with Crippen LogP contribution in [0.3, 0.4) is 0 Å². The van der Waals surface area contributed by atoms with E-state index in [0.717, 1.165) is 11.1 Å². The highest BCUT2D eigenvalue weighted by molar-refractivity contribution is 5.52. The Bertz CT molecular complexity index is 741. The largest absolute Gasteiger partial charge is 0.378 e. The number of rotatable bonds is 4. The van der Waals surface area contributed by atoms with Gasteiger partial charge in [-0.2, -0.15) is 0 Å². The van der Waals surface area contributed by atoms with Gasteiger partial charge in [0.1, 0.15) is 12.1 Å². The zero-order chi connectivity index (χ0) is 14.7. The number of hydrogen-bond donors (Lipinski definition) is 1. The summed E-state index contributed by atoms with van der Waals surface area (Å²) in [6.07, 6.45) is 4.96. The average molecular weight is 284 g/mol. The summed E-state index contributed by atoms with van der Waals surface area (Å²) < 4.78 is 15.3. The van der Waals surface area contributed by atoms with Gasteiger partial charge in [-0.05, 0) is 52.7 Å². The van der Waals surface area contributed by atoms with E-state index in [1.54, 1.807) is 24.5 Å². The van der Waals surface area contributed by atoms with E-state index in [2.05, 4.69) is 25.8 Å². The van der Waals surface area contributed by atoms with Crippen LogP contribution in [0.4, 0.5) is 10.1 Å². The van der Waals surface area contributed by atoms with Gasteiger partial charge >= 0.3 is 0 Å². The van der Waals surface area contributed by atoms with Crippen molar-refractivity contribution in [3.05, 3.63) is 59.9 Å². The van der Waals surface area contributed by atoms with Crippen LogP contribution >= 0.6 is 0 Å². The van der Waals surface area contributed by atoms with E-state index < -0.39 is 0 Å². The lowest BCUT2D eigenvalue weighted by Gasteiger charge is -2.10. The Balaban J connectivity index is 1.82. The molecule has 0 aliphatic rings. The first-order valence-corrected chi connectivity index (χ1v) is 6.40. The molecule has 2 aromatic heterocycles. The summed E-state index contributed by atoms with van der Waals surface area (Å²) in [7, 11) is 0. The second kappa shape index (κ2) is 5.66. The molecule has 0 amide bonds. The molecule has 6 nitrogen and oxygen atoms in total. The Labute approximate surface area is 120 Å². The molecule has 3 aromatic rings. The summed E-state index contributed by atoms with van der Waals surface area (Å²) in [6.45, 7) is 2.49. The van der Waals surface area contributed by atoms with E-state index in [9.17, 15) is 4.39 Å². The average Bonchev–Trinajstić information content (AvgIpc) is 3.02. The van der Waals surface area contributed by atoms with Crippen molar-refractivity contribution >= 4 is 5.69 Å². The smallest absolute Gasteiger partial charge is 0.146 e. The van der Waals surface area contributed by atoms with Gasteiger partial charge in [-0.3, -0.25) is 4.98 Å². The van der Waals surface area contributed by atoms with Gasteiger partial charge in [0.05, 0.1) is 11.4 Å². The third-order valence-electron chi connectivity index (χ3n) is 3.18. The summed E-state index contributed by atoms with van der Waals surface area (Å²) in [4.78, 5) is 4.07. The molecule has 0 radical (unpaired) electrons. The number of benzene rings is 1. The third kappa shape index (κ3) is 2.86. The number of nitrogens with one attached hydrogen (secondary N) is 1.